The van der Waals surface area contributed by atoms with Gasteiger partial charge in [0.2, 0.25) is 23.6 Å². The lowest BCUT2D eigenvalue weighted by Gasteiger charge is -2.39. The molecule has 314 valence electrons. The highest BCUT2D eigenvalue weighted by atomic mass is 16.5. The normalized spacial score (nSPS) is 16.7. The van der Waals surface area contributed by atoms with Crippen LogP contribution in [0.4, 0.5) is 0 Å². The number of hydrogen-bond donors (Lipinski definition) is 4. The quantitative estimate of drug-likeness (QED) is 0.164. The van der Waals surface area contributed by atoms with Crippen molar-refractivity contribution in [1.29, 1.82) is 0 Å². The van der Waals surface area contributed by atoms with Crippen LogP contribution >= 0.6 is 0 Å². The molecule has 4 amide bonds. The number of benzene rings is 1. The predicted octanol–water partition coefficient (Wildman–Crippen LogP) is 3.88. The number of aliphatic hydroxyl groups excluding tert-OH is 2. The van der Waals surface area contributed by atoms with Gasteiger partial charge in [-0.25, -0.2) is 0 Å². The van der Waals surface area contributed by atoms with Crippen LogP contribution < -0.4 is 10.6 Å². The van der Waals surface area contributed by atoms with E-state index in [1.54, 1.807) is 42.8 Å². The molecule has 1 aromatic carbocycles. The van der Waals surface area contributed by atoms with Gasteiger partial charge >= 0.3 is 0 Å². The van der Waals surface area contributed by atoms with Crippen LogP contribution in [0.2, 0.25) is 0 Å². The summed E-state index contributed by atoms with van der Waals surface area (Å²) in [5, 5.41) is 23.7. The van der Waals surface area contributed by atoms with E-state index in [9.17, 15) is 24.3 Å². The number of nitrogens with one attached hydrogen (secondary N) is 2. The molecule has 0 bridgehead atoms. The number of carbonyl (C=O) groups excluding carboxylic acids is 4. The molecule has 0 aliphatic carbocycles. The molecule has 1 aromatic rings. The summed E-state index contributed by atoms with van der Waals surface area (Å²) in [5.41, 5.74) is 1.32. The van der Waals surface area contributed by atoms with Gasteiger partial charge in [0.25, 0.3) is 0 Å². The topological polar surface area (TPSA) is 161 Å². The summed E-state index contributed by atoms with van der Waals surface area (Å²) >= 11 is 0. The SMILES string of the molecule is CC.CCC.CCC(C)C(C(CC(=O)N1CCCC1C(OC)C(C)C(=O)NCCO)OC)N(C)C(=O)CNC(=O)C(CCO)N(C)C.Cc1ccccc1. The third-order valence-electron chi connectivity index (χ3n) is 9.40. The number of aryl methyl sites for hydroxylation is 1. The van der Waals surface area contributed by atoms with Gasteiger partial charge in [-0.3, -0.25) is 24.1 Å². The van der Waals surface area contributed by atoms with Crippen LogP contribution in [0, 0.1) is 18.8 Å². The van der Waals surface area contributed by atoms with E-state index in [4.69, 9.17) is 14.6 Å². The second-order valence-electron chi connectivity index (χ2n) is 13.7. The minimum absolute atomic E-state index is 0.00680. The van der Waals surface area contributed by atoms with E-state index in [-0.39, 0.29) is 74.7 Å². The fourth-order valence-corrected chi connectivity index (χ4v) is 6.35. The lowest BCUT2D eigenvalue weighted by Crippen LogP contribution is -2.55. The third-order valence-corrected chi connectivity index (χ3v) is 9.40. The van der Waals surface area contributed by atoms with E-state index in [1.807, 2.05) is 45.9 Å². The molecule has 1 fully saturated rings. The molecule has 7 unspecified atom stereocenters. The third kappa shape index (κ3) is 19.0. The monoisotopic (exact) mass is 768 g/mol. The Balaban J connectivity index is 0. The molecule has 7 atom stereocenters. The maximum atomic E-state index is 13.7. The zero-order valence-corrected chi connectivity index (χ0v) is 35.9. The van der Waals surface area contributed by atoms with Crippen molar-refractivity contribution in [2.75, 3.05) is 68.2 Å². The number of likely N-dealkylation sites (tertiary alicyclic amines) is 1. The van der Waals surface area contributed by atoms with Crippen LogP contribution in [0.25, 0.3) is 0 Å². The van der Waals surface area contributed by atoms with E-state index in [2.05, 4.69) is 43.5 Å². The molecule has 1 saturated heterocycles. The zero-order valence-electron chi connectivity index (χ0n) is 35.9. The first kappa shape index (κ1) is 53.0. The van der Waals surface area contributed by atoms with Gasteiger partial charge in [0.05, 0.1) is 55.8 Å². The summed E-state index contributed by atoms with van der Waals surface area (Å²) in [5.74, 6) is -1.59. The highest BCUT2D eigenvalue weighted by molar-refractivity contribution is 5.87. The Morgan fingerprint density at radius 3 is 1.96 bits per heavy atom. The molecule has 1 heterocycles. The van der Waals surface area contributed by atoms with E-state index in [0.717, 1.165) is 12.8 Å². The zero-order chi connectivity index (χ0) is 41.8. The van der Waals surface area contributed by atoms with Gasteiger partial charge in [-0.2, -0.15) is 0 Å². The number of rotatable bonds is 19. The van der Waals surface area contributed by atoms with Crippen LogP contribution in [0.15, 0.2) is 30.3 Å². The summed E-state index contributed by atoms with van der Waals surface area (Å²) < 4.78 is 11.6. The number of methoxy groups -OCH3 is 2. The summed E-state index contributed by atoms with van der Waals surface area (Å²) in [6.07, 6.45) is 2.61. The van der Waals surface area contributed by atoms with Crippen LogP contribution in [-0.4, -0.2) is 147 Å². The molecule has 1 aliphatic heterocycles. The molecular weight excluding hydrogens is 690 g/mol. The molecule has 13 nitrogen and oxygen atoms in total. The number of amides is 4. The van der Waals surface area contributed by atoms with Crippen molar-refractivity contribution in [3.63, 3.8) is 0 Å². The maximum Gasteiger partial charge on any atom is 0.242 e. The van der Waals surface area contributed by atoms with E-state index in [0.29, 0.717) is 13.0 Å². The first-order valence-corrected chi connectivity index (χ1v) is 19.8. The molecule has 2 rings (SSSR count). The molecule has 0 aromatic heterocycles. The number of hydrogen-bond acceptors (Lipinski definition) is 9. The predicted molar refractivity (Wildman–Crippen MR) is 217 cm³/mol. The summed E-state index contributed by atoms with van der Waals surface area (Å²) in [4.78, 5) is 57.2. The first-order chi connectivity index (χ1) is 25.7. The molecule has 4 N–H and O–H groups in total. The minimum Gasteiger partial charge on any atom is -0.396 e. The Labute approximate surface area is 327 Å². The summed E-state index contributed by atoms with van der Waals surface area (Å²) in [6, 6.07) is 8.97. The fourth-order valence-electron chi connectivity index (χ4n) is 6.35. The Bertz CT molecular complexity index is 1140. The van der Waals surface area contributed by atoms with Crippen molar-refractivity contribution in [2.24, 2.45) is 11.8 Å². The van der Waals surface area contributed by atoms with Gasteiger partial charge in [-0.1, -0.05) is 97.2 Å². The van der Waals surface area contributed by atoms with Crippen LogP contribution in [-0.2, 0) is 28.7 Å². The largest absolute Gasteiger partial charge is 0.396 e. The molecule has 0 radical (unpaired) electrons. The van der Waals surface area contributed by atoms with Crippen molar-refractivity contribution in [1.82, 2.24) is 25.3 Å². The van der Waals surface area contributed by atoms with E-state index in [1.165, 1.54) is 26.2 Å². The average Bonchev–Trinajstić information content (AvgIpc) is 3.65. The van der Waals surface area contributed by atoms with Gasteiger partial charge in [0.15, 0.2) is 0 Å². The molecule has 1 aliphatic rings. The van der Waals surface area contributed by atoms with Gasteiger partial charge < -0.3 is 40.1 Å². The van der Waals surface area contributed by atoms with Crippen LogP contribution in [0.5, 0.6) is 0 Å². The van der Waals surface area contributed by atoms with Crippen molar-refractivity contribution < 1.29 is 38.9 Å². The Morgan fingerprint density at radius 1 is 0.926 bits per heavy atom. The van der Waals surface area contributed by atoms with Gasteiger partial charge in [-0.05, 0) is 46.2 Å². The number of aliphatic hydroxyl groups is 2. The number of carbonyl (C=O) groups is 4. The van der Waals surface area contributed by atoms with Crippen LogP contribution in [0.1, 0.15) is 92.6 Å². The Morgan fingerprint density at radius 2 is 1.52 bits per heavy atom. The van der Waals surface area contributed by atoms with Crippen LogP contribution in [0.3, 0.4) is 0 Å². The lowest BCUT2D eigenvalue weighted by molar-refractivity contribution is -0.145. The highest BCUT2D eigenvalue weighted by Gasteiger charge is 2.42. The minimum atomic E-state index is -0.603. The number of nitrogens with zero attached hydrogens (tertiary/aromatic N) is 3. The summed E-state index contributed by atoms with van der Waals surface area (Å²) in [7, 11) is 8.18. The Kier molecular flexibility index (Phi) is 30.6. The smallest absolute Gasteiger partial charge is 0.242 e. The average molecular weight is 768 g/mol. The summed E-state index contributed by atoms with van der Waals surface area (Å²) in [6.45, 7) is 16.2. The molecule has 0 spiro atoms. The molecule has 13 heteroatoms. The first-order valence-electron chi connectivity index (χ1n) is 19.8. The highest BCUT2D eigenvalue weighted by Crippen LogP contribution is 2.29. The molecular formula is C41H77N5O8. The molecule has 0 saturated carbocycles. The number of likely N-dealkylation sites (N-methyl/N-ethyl adjacent to an activating group) is 2. The number of ether oxygens (including phenoxy) is 2. The second-order valence-corrected chi connectivity index (χ2v) is 13.7. The van der Waals surface area contributed by atoms with Gasteiger partial charge in [-0.15, -0.1) is 0 Å². The van der Waals surface area contributed by atoms with Crippen molar-refractivity contribution >= 4 is 23.6 Å². The van der Waals surface area contributed by atoms with Gasteiger partial charge in [0.1, 0.15) is 0 Å². The van der Waals surface area contributed by atoms with Crippen molar-refractivity contribution in [3.05, 3.63) is 35.9 Å². The molecule has 54 heavy (non-hydrogen) atoms. The fraction of sp³-hybridized carbons (Fsp3) is 0.756. The van der Waals surface area contributed by atoms with E-state index >= 15 is 0 Å². The lowest BCUT2D eigenvalue weighted by atomic mass is 9.90. The maximum absolute atomic E-state index is 13.7. The second kappa shape index (κ2) is 31.1. The van der Waals surface area contributed by atoms with Gasteiger partial charge in [0, 0.05) is 41.0 Å². The van der Waals surface area contributed by atoms with E-state index < -0.39 is 30.2 Å². The van der Waals surface area contributed by atoms with Crippen molar-refractivity contribution in [2.45, 2.75) is 124 Å². The van der Waals surface area contributed by atoms with Crippen molar-refractivity contribution in [3.8, 4) is 0 Å². The Hall–Kier alpha value is -3.10. The standard InChI is InChI=1S/C29H55N5O8.C7H8.C3H8.C2H6/c1-9-19(2)26(33(6)25(38)18-31-29(40)22(12-15-35)32(4)5)23(41-7)17-24(37)34-14-10-11-21(34)27(42-8)20(3)28(39)30-13-16-36;1-7-5-3-2-4-6-7;1-3-2;1-2/h19-23,26-27,35-36H,9-18H2,1-8H3,(H,30,39)(H,31,40);2-6H,1H3;3H2,1-2H3;1-2H3.